The topological polar surface area (TPSA) is 68.0 Å². The van der Waals surface area contributed by atoms with Gasteiger partial charge in [-0.2, -0.15) is 0 Å². The number of pyridine rings is 1. The van der Waals surface area contributed by atoms with Gasteiger partial charge in [0.25, 0.3) is 5.91 Å². The second-order valence-corrected chi connectivity index (χ2v) is 6.05. The number of carbonyl (C=O) groups excluding carboxylic acids is 1. The van der Waals surface area contributed by atoms with Crippen molar-refractivity contribution in [2.75, 3.05) is 6.54 Å². The molecule has 0 saturated carbocycles. The van der Waals surface area contributed by atoms with E-state index < -0.39 is 5.82 Å². The summed E-state index contributed by atoms with van der Waals surface area (Å²) in [4.78, 5) is 20.7. The zero-order chi connectivity index (χ0) is 18.6. The summed E-state index contributed by atoms with van der Waals surface area (Å²) in [6.45, 7) is 0.367. The molecule has 134 valence electrons. The molecule has 6 heteroatoms. The Morgan fingerprint density at radius 2 is 1.96 bits per heavy atom. The van der Waals surface area contributed by atoms with Crippen LogP contribution in [-0.4, -0.2) is 22.4 Å². The number of hydrogen-bond donors (Lipinski definition) is 1. The lowest BCUT2D eigenvalue weighted by atomic mass is 10.1. The predicted octanol–water partition coefficient (Wildman–Crippen LogP) is 4.00. The Balaban J connectivity index is 1.39. The largest absolute Gasteiger partial charge is 0.444 e. The number of hydrogen-bond acceptors (Lipinski definition) is 4. The molecule has 4 rings (SSSR count). The van der Waals surface area contributed by atoms with Crippen LogP contribution >= 0.6 is 0 Å². The Kier molecular flexibility index (Phi) is 4.61. The van der Waals surface area contributed by atoms with Crippen LogP contribution in [0.3, 0.4) is 0 Å². The monoisotopic (exact) mass is 361 g/mol. The zero-order valence-corrected chi connectivity index (χ0v) is 14.4. The number of amides is 1. The van der Waals surface area contributed by atoms with E-state index in [0.717, 1.165) is 11.3 Å². The summed E-state index contributed by atoms with van der Waals surface area (Å²) in [5.41, 5.74) is 2.15. The van der Waals surface area contributed by atoms with Crippen LogP contribution in [0.15, 0.2) is 71.5 Å². The number of nitrogens with one attached hydrogen (secondary N) is 1. The molecular weight excluding hydrogens is 345 g/mol. The lowest BCUT2D eigenvalue weighted by molar-refractivity contribution is 0.0954. The number of rotatable bonds is 5. The molecule has 1 amide bonds. The van der Waals surface area contributed by atoms with Gasteiger partial charge in [-0.3, -0.25) is 9.78 Å². The molecule has 0 bridgehead atoms. The van der Waals surface area contributed by atoms with E-state index in [1.165, 1.54) is 12.3 Å². The third-order valence-corrected chi connectivity index (χ3v) is 4.16. The highest BCUT2D eigenvalue weighted by molar-refractivity contribution is 5.98. The van der Waals surface area contributed by atoms with Gasteiger partial charge >= 0.3 is 0 Å². The van der Waals surface area contributed by atoms with Crippen LogP contribution in [-0.2, 0) is 6.42 Å². The Labute approximate surface area is 154 Å². The van der Waals surface area contributed by atoms with E-state index in [2.05, 4.69) is 15.3 Å². The third-order valence-electron chi connectivity index (χ3n) is 4.16. The molecule has 2 aromatic heterocycles. The second-order valence-electron chi connectivity index (χ2n) is 6.05. The summed E-state index contributed by atoms with van der Waals surface area (Å²) in [6.07, 6.45) is 3.61. The highest BCUT2D eigenvalue weighted by atomic mass is 19.1. The van der Waals surface area contributed by atoms with Gasteiger partial charge in [0, 0.05) is 35.7 Å². The summed E-state index contributed by atoms with van der Waals surface area (Å²) in [7, 11) is 0. The summed E-state index contributed by atoms with van der Waals surface area (Å²) in [5.74, 6) is -0.310. The average molecular weight is 361 g/mol. The fourth-order valence-corrected chi connectivity index (χ4v) is 2.82. The molecule has 0 aliphatic carbocycles. The molecule has 27 heavy (non-hydrogen) atoms. The first kappa shape index (κ1) is 16.9. The van der Waals surface area contributed by atoms with Gasteiger partial charge in [0.05, 0.1) is 5.69 Å². The van der Waals surface area contributed by atoms with Crippen LogP contribution in [0.4, 0.5) is 4.39 Å². The fraction of sp³-hybridized carbons (Fsp3) is 0.0952. The lowest BCUT2D eigenvalue weighted by Crippen LogP contribution is -2.25. The van der Waals surface area contributed by atoms with Crippen molar-refractivity contribution in [2.45, 2.75) is 6.42 Å². The van der Waals surface area contributed by atoms with E-state index in [4.69, 9.17) is 4.42 Å². The van der Waals surface area contributed by atoms with E-state index in [0.29, 0.717) is 24.2 Å². The number of benzene rings is 2. The van der Waals surface area contributed by atoms with Gasteiger partial charge in [-0.15, -0.1) is 0 Å². The Morgan fingerprint density at radius 3 is 2.81 bits per heavy atom. The molecule has 4 aromatic rings. The van der Waals surface area contributed by atoms with Gasteiger partial charge in [0.2, 0.25) is 5.89 Å². The maximum atomic E-state index is 14.1. The molecule has 0 radical (unpaired) electrons. The van der Waals surface area contributed by atoms with Crippen LogP contribution in [0.1, 0.15) is 16.1 Å². The van der Waals surface area contributed by atoms with Crippen molar-refractivity contribution >= 4 is 16.8 Å². The van der Waals surface area contributed by atoms with Crippen molar-refractivity contribution in [1.82, 2.24) is 15.3 Å². The normalized spacial score (nSPS) is 10.9. The van der Waals surface area contributed by atoms with E-state index in [1.807, 2.05) is 30.3 Å². The summed E-state index contributed by atoms with van der Waals surface area (Å²) in [6, 6.07) is 15.9. The average Bonchev–Trinajstić information content (AvgIpc) is 3.17. The first-order valence-electron chi connectivity index (χ1n) is 8.53. The minimum atomic E-state index is -0.512. The molecule has 0 spiro atoms. The van der Waals surface area contributed by atoms with Crippen LogP contribution in [0.25, 0.3) is 22.4 Å². The van der Waals surface area contributed by atoms with E-state index in [1.54, 1.807) is 24.5 Å². The van der Waals surface area contributed by atoms with Crippen LogP contribution in [0.5, 0.6) is 0 Å². The van der Waals surface area contributed by atoms with Crippen molar-refractivity contribution in [2.24, 2.45) is 0 Å². The maximum absolute atomic E-state index is 14.1. The molecular formula is C21H16FN3O2. The zero-order valence-electron chi connectivity index (χ0n) is 14.4. The van der Waals surface area contributed by atoms with Gasteiger partial charge in [-0.25, -0.2) is 9.37 Å². The highest BCUT2D eigenvalue weighted by Gasteiger charge is 2.11. The molecule has 5 nitrogen and oxygen atoms in total. The molecule has 0 unspecified atom stereocenters. The number of halogens is 1. The Hall–Kier alpha value is -3.54. The third kappa shape index (κ3) is 3.69. The number of fused-ring (bicyclic) bond motifs is 1. The van der Waals surface area contributed by atoms with Crippen LogP contribution < -0.4 is 5.32 Å². The van der Waals surface area contributed by atoms with Gasteiger partial charge in [-0.1, -0.05) is 24.3 Å². The van der Waals surface area contributed by atoms with Gasteiger partial charge in [-0.05, 0) is 30.3 Å². The molecule has 2 aromatic carbocycles. The highest BCUT2D eigenvalue weighted by Crippen LogP contribution is 2.19. The standard InChI is InChI=1S/C21H16FN3O2/c22-18-12-16(11-15-7-4-9-23-19(15)18)20(26)24-10-8-17-13-27-21(25-17)14-5-2-1-3-6-14/h1-7,9,11-13H,8,10H2,(H,24,26). The van der Waals surface area contributed by atoms with Crippen molar-refractivity contribution < 1.29 is 13.6 Å². The quantitative estimate of drug-likeness (QED) is 0.583. The number of oxazole rings is 1. The minimum absolute atomic E-state index is 0.255. The first-order chi connectivity index (χ1) is 13.2. The minimum Gasteiger partial charge on any atom is -0.444 e. The summed E-state index contributed by atoms with van der Waals surface area (Å²) >= 11 is 0. The summed E-state index contributed by atoms with van der Waals surface area (Å²) in [5, 5.41) is 3.37. The van der Waals surface area contributed by atoms with Crippen molar-refractivity contribution in [3.05, 3.63) is 84.1 Å². The van der Waals surface area contributed by atoms with Gasteiger partial charge < -0.3 is 9.73 Å². The van der Waals surface area contributed by atoms with Crippen LogP contribution in [0, 0.1) is 5.82 Å². The van der Waals surface area contributed by atoms with Crippen molar-refractivity contribution in [3.63, 3.8) is 0 Å². The number of aromatic nitrogens is 2. The molecule has 0 saturated heterocycles. The molecule has 1 N–H and O–H groups in total. The fourth-order valence-electron chi connectivity index (χ4n) is 2.82. The molecule has 0 aliphatic rings. The van der Waals surface area contributed by atoms with Gasteiger partial charge in [0.1, 0.15) is 17.6 Å². The van der Waals surface area contributed by atoms with Crippen molar-refractivity contribution in [3.8, 4) is 11.5 Å². The molecule has 0 fully saturated rings. The Bertz CT molecular complexity index is 1090. The van der Waals surface area contributed by atoms with E-state index >= 15 is 0 Å². The SMILES string of the molecule is O=C(NCCc1coc(-c2ccccc2)n1)c1cc(F)c2ncccc2c1. The summed E-state index contributed by atoms with van der Waals surface area (Å²) < 4.78 is 19.6. The van der Waals surface area contributed by atoms with E-state index in [-0.39, 0.29) is 17.0 Å². The first-order valence-corrected chi connectivity index (χ1v) is 8.53. The molecule has 2 heterocycles. The number of carbonyl (C=O) groups is 1. The lowest BCUT2D eigenvalue weighted by Gasteiger charge is -2.06. The Morgan fingerprint density at radius 1 is 1.11 bits per heavy atom. The maximum Gasteiger partial charge on any atom is 0.251 e. The molecule has 0 aliphatic heterocycles. The smallest absolute Gasteiger partial charge is 0.251 e. The van der Waals surface area contributed by atoms with Gasteiger partial charge in [0.15, 0.2) is 0 Å². The van der Waals surface area contributed by atoms with Crippen LogP contribution in [0.2, 0.25) is 0 Å². The second kappa shape index (κ2) is 7.37. The predicted molar refractivity (Wildman–Crippen MR) is 99.7 cm³/mol. The van der Waals surface area contributed by atoms with E-state index in [9.17, 15) is 9.18 Å². The van der Waals surface area contributed by atoms with Crippen molar-refractivity contribution in [1.29, 1.82) is 0 Å². The molecule has 0 atom stereocenters. The number of nitrogens with zero attached hydrogens (tertiary/aromatic N) is 2.